The van der Waals surface area contributed by atoms with Gasteiger partial charge in [-0.1, -0.05) is 23.7 Å². The minimum atomic E-state index is -4.75. The van der Waals surface area contributed by atoms with Crippen molar-refractivity contribution in [2.45, 2.75) is 11.1 Å². The third-order valence-electron chi connectivity index (χ3n) is 3.12. The van der Waals surface area contributed by atoms with Crippen molar-refractivity contribution in [2.24, 2.45) is 0 Å². The Morgan fingerprint density at radius 1 is 1.16 bits per heavy atom. The van der Waals surface area contributed by atoms with Gasteiger partial charge in [0, 0.05) is 0 Å². The van der Waals surface area contributed by atoms with E-state index in [2.05, 4.69) is 4.74 Å². The van der Waals surface area contributed by atoms with E-state index < -0.39 is 38.3 Å². The number of halogens is 4. The second-order valence-corrected chi connectivity index (χ2v) is 6.84. The van der Waals surface area contributed by atoms with Crippen LogP contribution in [0, 0.1) is 0 Å². The van der Waals surface area contributed by atoms with Gasteiger partial charge in [0.2, 0.25) is 0 Å². The number of sulfonamides is 1. The lowest BCUT2D eigenvalue weighted by Gasteiger charge is -2.15. The van der Waals surface area contributed by atoms with E-state index in [4.69, 9.17) is 11.6 Å². The summed E-state index contributed by atoms with van der Waals surface area (Å²) in [5.74, 6) is -0.816. The van der Waals surface area contributed by atoms with Crippen LogP contribution in [-0.4, -0.2) is 21.5 Å². The van der Waals surface area contributed by atoms with Gasteiger partial charge >= 0.3 is 12.1 Å². The van der Waals surface area contributed by atoms with Crippen molar-refractivity contribution in [3.63, 3.8) is 0 Å². The molecule has 0 aliphatic carbocycles. The lowest BCUT2D eigenvalue weighted by molar-refractivity contribution is -0.136. The molecule has 0 aromatic heterocycles. The number of rotatable bonds is 4. The van der Waals surface area contributed by atoms with E-state index in [1.165, 1.54) is 12.1 Å². The molecule has 0 bridgehead atoms. The fourth-order valence-electron chi connectivity index (χ4n) is 1.97. The second-order valence-electron chi connectivity index (χ2n) is 4.79. The van der Waals surface area contributed by atoms with Gasteiger partial charge in [0.15, 0.2) is 0 Å². The van der Waals surface area contributed by atoms with Gasteiger partial charge in [0.25, 0.3) is 10.0 Å². The first-order chi connectivity index (χ1) is 11.6. The molecule has 0 fully saturated rings. The lowest BCUT2D eigenvalue weighted by Crippen LogP contribution is -2.18. The van der Waals surface area contributed by atoms with Crippen LogP contribution in [0.5, 0.6) is 0 Å². The molecule has 134 valence electrons. The summed E-state index contributed by atoms with van der Waals surface area (Å²) >= 11 is 5.83. The number of ether oxygens (including phenoxy) is 1. The van der Waals surface area contributed by atoms with Gasteiger partial charge in [-0.15, -0.1) is 0 Å². The molecular formula is C15H11ClF3NO4S. The SMILES string of the molecule is COC(=O)c1ccc(Cl)c(S(=O)(=O)Nc2ccccc2C(F)(F)F)c1. The molecule has 25 heavy (non-hydrogen) atoms. The topological polar surface area (TPSA) is 72.5 Å². The smallest absolute Gasteiger partial charge is 0.418 e. The summed E-state index contributed by atoms with van der Waals surface area (Å²) in [6.45, 7) is 0. The molecule has 2 rings (SSSR count). The number of alkyl halides is 3. The summed E-state index contributed by atoms with van der Waals surface area (Å²) < 4.78 is 70.2. The number of carbonyl (C=O) groups is 1. The molecule has 0 saturated carbocycles. The molecule has 0 unspecified atom stereocenters. The Bertz CT molecular complexity index is 913. The van der Waals surface area contributed by atoms with E-state index >= 15 is 0 Å². The maximum Gasteiger partial charge on any atom is 0.418 e. The maximum atomic E-state index is 13.0. The molecule has 0 aliphatic rings. The van der Waals surface area contributed by atoms with E-state index in [1.807, 2.05) is 4.72 Å². The predicted molar refractivity (Wildman–Crippen MR) is 85.0 cm³/mol. The van der Waals surface area contributed by atoms with Crippen molar-refractivity contribution in [1.29, 1.82) is 0 Å². The Kier molecular flexibility index (Phi) is 5.28. The van der Waals surface area contributed by atoms with Crippen molar-refractivity contribution < 1.29 is 31.1 Å². The van der Waals surface area contributed by atoms with Gasteiger partial charge in [-0.3, -0.25) is 4.72 Å². The molecule has 2 aromatic carbocycles. The zero-order valence-electron chi connectivity index (χ0n) is 12.6. The van der Waals surface area contributed by atoms with E-state index in [9.17, 15) is 26.4 Å². The molecule has 0 spiro atoms. The van der Waals surface area contributed by atoms with Crippen LogP contribution < -0.4 is 4.72 Å². The molecule has 0 atom stereocenters. The van der Waals surface area contributed by atoms with E-state index in [-0.39, 0.29) is 10.6 Å². The van der Waals surface area contributed by atoms with Gasteiger partial charge in [0.05, 0.1) is 28.9 Å². The summed E-state index contributed by atoms with van der Waals surface area (Å²) in [6, 6.07) is 7.38. The zero-order chi connectivity index (χ0) is 18.8. The van der Waals surface area contributed by atoms with Crippen LogP contribution in [0.1, 0.15) is 15.9 Å². The van der Waals surface area contributed by atoms with Gasteiger partial charge in [-0.25, -0.2) is 13.2 Å². The Hall–Kier alpha value is -2.26. The third kappa shape index (κ3) is 4.23. The monoisotopic (exact) mass is 393 g/mol. The number of esters is 1. The minimum absolute atomic E-state index is 0.114. The van der Waals surface area contributed by atoms with Gasteiger partial charge in [-0.2, -0.15) is 13.2 Å². The minimum Gasteiger partial charge on any atom is -0.465 e. The average molecular weight is 394 g/mol. The van der Waals surface area contributed by atoms with Crippen molar-refractivity contribution in [3.05, 3.63) is 58.6 Å². The number of carbonyl (C=O) groups excluding carboxylic acids is 1. The van der Waals surface area contributed by atoms with E-state index in [0.717, 1.165) is 37.4 Å². The molecule has 5 nitrogen and oxygen atoms in total. The standard InChI is InChI=1S/C15H11ClF3NO4S/c1-24-14(21)9-6-7-11(16)13(8-9)25(22,23)20-12-5-3-2-4-10(12)15(17,18)19/h2-8,20H,1H3. The molecule has 0 radical (unpaired) electrons. The van der Waals surface area contributed by atoms with Gasteiger partial charge in [-0.05, 0) is 30.3 Å². The quantitative estimate of drug-likeness (QED) is 0.798. The third-order valence-corrected chi connectivity index (χ3v) is 4.97. The Balaban J connectivity index is 2.50. The lowest BCUT2D eigenvalue weighted by atomic mass is 10.2. The summed E-state index contributed by atoms with van der Waals surface area (Å²) in [5.41, 5.74) is -1.93. The van der Waals surface area contributed by atoms with E-state index in [1.54, 1.807) is 0 Å². The molecule has 10 heteroatoms. The number of para-hydroxylation sites is 1. The summed E-state index contributed by atoms with van der Waals surface area (Å²) in [5, 5.41) is -0.260. The van der Waals surface area contributed by atoms with Gasteiger partial charge in [0.1, 0.15) is 4.90 Å². The zero-order valence-corrected chi connectivity index (χ0v) is 14.2. The highest BCUT2D eigenvalue weighted by molar-refractivity contribution is 7.92. The normalized spacial score (nSPS) is 11.9. The number of benzene rings is 2. The Morgan fingerprint density at radius 2 is 1.80 bits per heavy atom. The largest absolute Gasteiger partial charge is 0.465 e. The number of hydrogen-bond donors (Lipinski definition) is 1. The van der Waals surface area contributed by atoms with Crippen LogP contribution in [0.4, 0.5) is 18.9 Å². The van der Waals surface area contributed by atoms with Crippen LogP contribution in [0.25, 0.3) is 0 Å². The second kappa shape index (κ2) is 6.93. The highest BCUT2D eigenvalue weighted by atomic mass is 35.5. The molecular weight excluding hydrogens is 383 g/mol. The van der Waals surface area contributed by atoms with Crippen molar-refractivity contribution in [2.75, 3.05) is 11.8 Å². The predicted octanol–water partition coefficient (Wildman–Crippen LogP) is 3.95. The van der Waals surface area contributed by atoms with Crippen LogP contribution in [0.2, 0.25) is 5.02 Å². The van der Waals surface area contributed by atoms with Crippen molar-refractivity contribution in [3.8, 4) is 0 Å². The molecule has 0 aliphatic heterocycles. The average Bonchev–Trinajstić information content (AvgIpc) is 2.53. The maximum absolute atomic E-state index is 13.0. The molecule has 0 amide bonds. The molecule has 2 aromatic rings. The fourth-order valence-corrected chi connectivity index (χ4v) is 3.58. The van der Waals surface area contributed by atoms with Crippen molar-refractivity contribution in [1.82, 2.24) is 0 Å². The Labute approximate surface area is 146 Å². The number of hydrogen-bond acceptors (Lipinski definition) is 4. The number of anilines is 1. The molecule has 0 saturated heterocycles. The first-order valence-corrected chi connectivity index (χ1v) is 8.49. The van der Waals surface area contributed by atoms with Crippen LogP contribution >= 0.6 is 11.6 Å². The first kappa shape index (κ1) is 19.1. The number of methoxy groups -OCH3 is 1. The highest BCUT2D eigenvalue weighted by Gasteiger charge is 2.34. The fraction of sp³-hybridized carbons (Fsp3) is 0.133. The summed E-state index contributed by atoms with van der Waals surface area (Å²) in [7, 11) is -3.38. The number of nitrogens with one attached hydrogen (secondary N) is 1. The first-order valence-electron chi connectivity index (χ1n) is 6.63. The van der Waals surface area contributed by atoms with Crippen LogP contribution in [0.15, 0.2) is 47.4 Å². The van der Waals surface area contributed by atoms with Crippen molar-refractivity contribution >= 4 is 33.3 Å². The van der Waals surface area contributed by atoms with Gasteiger partial charge < -0.3 is 4.74 Å². The van der Waals surface area contributed by atoms with E-state index in [0.29, 0.717) is 0 Å². The van der Waals surface area contributed by atoms with Crippen LogP contribution in [0.3, 0.4) is 0 Å². The summed E-state index contributed by atoms with van der Waals surface area (Å²) in [4.78, 5) is 11.0. The highest BCUT2D eigenvalue weighted by Crippen LogP contribution is 2.36. The Morgan fingerprint density at radius 3 is 2.40 bits per heavy atom. The summed E-state index contributed by atoms with van der Waals surface area (Å²) in [6.07, 6.45) is -4.75. The molecule has 0 heterocycles. The molecule has 1 N–H and O–H groups in total. The van der Waals surface area contributed by atoms with Crippen LogP contribution in [-0.2, 0) is 20.9 Å².